The Morgan fingerprint density at radius 2 is 2.37 bits per heavy atom. The van der Waals surface area contributed by atoms with Gasteiger partial charge in [-0.15, -0.1) is 11.3 Å². The normalized spacial score (nSPS) is 22.9. The highest BCUT2D eigenvalue weighted by atomic mass is 32.1. The average molecular weight is 279 g/mol. The van der Waals surface area contributed by atoms with E-state index in [1.807, 2.05) is 18.5 Å². The number of nitrogens with zero attached hydrogens (tertiary/aromatic N) is 2. The quantitative estimate of drug-likeness (QED) is 0.882. The summed E-state index contributed by atoms with van der Waals surface area (Å²) < 4.78 is 0.688. The van der Waals surface area contributed by atoms with Gasteiger partial charge in [-0.1, -0.05) is 0 Å². The molecule has 0 aromatic carbocycles. The highest BCUT2D eigenvalue weighted by Gasteiger charge is 2.27. The van der Waals surface area contributed by atoms with Gasteiger partial charge >= 0.3 is 0 Å². The van der Waals surface area contributed by atoms with Crippen molar-refractivity contribution in [1.82, 2.24) is 14.9 Å². The van der Waals surface area contributed by atoms with Gasteiger partial charge in [-0.05, 0) is 37.3 Å². The lowest BCUT2D eigenvalue weighted by atomic mass is 9.82. The number of aromatic amines is 1. The van der Waals surface area contributed by atoms with E-state index in [1.165, 1.54) is 11.3 Å². The Bertz CT molecular complexity index is 630. The fourth-order valence-corrected chi connectivity index (χ4v) is 3.33. The van der Waals surface area contributed by atoms with Crippen molar-refractivity contribution < 1.29 is 5.11 Å². The number of thiophene rings is 1. The number of H-pyrrole nitrogens is 1. The highest BCUT2D eigenvalue weighted by molar-refractivity contribution is 7.17. The fraction of sp³-hybridized carbons (Fsp3) is 0.538. The first-order chi connectivity index (χ1) is 9.11. The number of hydrogen-bond acceptors (Lipinski definition) is 5. The zero-order chi connectivity index (χ0) is 13.4. The summed E-state index contributed by atoms with van der Waals surface area (Å²) in [6, 6.07) is 1.88. The average Bonchev–Trinajstić information content (AvgIpc) is 2.75. The molecule has 0 saturated heterocycles. The van der Waals surface area contributed by atoms with Crippen LogP contribution in [0.15, 0.2) is 16.2 Å². The number of hydrogen-bond donors (Lipinski definition) is 2. The van der Waals surface area contributed by atoms with Gasteiger partial charge in [0.05, 0.1) is 18.2 Å². The van der Waals surface area contributed by atoms with E-state index >= 15 is 0 Å². The molecule has 0 spiro atoms. The van der Waals surface area contributed by atoms with Gasteiger partial charge in [-0.25, -0.2) is 4.98 Å². The van der Waals surface area contributed by atoms with E-state index in [0.717, 1.165) is 24.9 Å². The fourth-order valence-electron chi connectivity index (χ4n) is 2.61. The Balaban J connectivity index is 1.68. The second-order valence-corrected chi connectivity index (χ2v) is 6.25. The van der Waals surface area contributed by atoms with Crippen LogP contribution in [0.25, 0.3) is 10.2 Å². The van der Waals surface area contributed by atoms with Gasteiger partial charge in [-0.2, -0.15) is 0 Å². The lowest BCUT2D eigenvalue weighted by molar-refractivity contribution is 0.0271. The van der Waals surface area contributed by atoms with Crippen molar-refractivity contribution in [2.75, 3.05) is 13.6 Å². The van der Waals surface area contributed by atoms with Crippen LogP contribution >= 0.6 is 11.3 Å². The van der Waals surface area contributed by atoms with Crippen LogP contribution in [0.4, 0.5) is 0 Å². The predicted molar refractivity (Wildman–Crippen MR) is 75.3 cm³/mol. The first-order valence-electron chi connectivity index (χ1n) is 6.45. The van der Waals surface area contributed by atoms with Crippen molar-refractivity contribution in [3.8, 4) is 0 Å². The number of aromatic nitrogens is 2. The second-order valence-electron chi connectivity index (χ2n) is 5.34. The third kappa shape index (κ3) is 2.70. The summed E-state index contributed by atoms with van der Waals surface area (Å²) in [6.45, 7) is 1.57. The molecule has 1 saturated carbocycles. The molecule has 19 heavy (non-hydrogen) atoms. The minimum Gasteiger partial charge on any atom is -0.393 e. The maximum absolute atomic E-state index is 11.8. The molecule has 6 heteroatoms. The molecule has 5 nitrogen and oxygen atoms in total. The van der Waals surface area contributed by atoms with Crippen LogP contribution in [-0.2, 0) is 6.54 Å². The molecule has 2 N–H and O–H groups in total. The van der Waals surface area contributed by atoms with Crippen LogP contribution in [0.2, 0.25) is 0 Å². The predicted octanol–water partition coefficient (Wildman–Crippen LogP) is 1.19. The Morgan fingerprint density at radius 1 is 1.58 bits per heavy atom. The first kappa shape index (κ1) is 12.8. The molecule has 0 atom stereocenters. The first-order valence-corrected chi connectivity index (χ1v) is 7.33. The van der Waals surface area contributed by atoms with E-state index in [1.54, 1.807) is 0 Å². The summed E-state index contributed by atoms with van der Waals surface area (Å²) in [5, 5.41) is 11.2. The lowest BCUT2D eigenvalue weighted by Gasteiger charge is -2.34. The van der Waals surface area contributed by atoms with Crippen LogP contribution in [0.5, 0.6) is 0 Å². The van der Waals surface area contributed by atoms with Gasteiger partial charge in [0.25, 0.3) is 5.56 Å². The monoisotopic (exact) mass is 279 g/mol. The lowest BCUT2D eigenvalue weighted by Crippen LogP contribution is -2.37. The van der Waals surface area contributed by atoms with Crippen molar-refractivity contribution in [2.24, 2.45) is 5.92 Å². The number of rotatable bonds is 4. The van der Waals surface area contributed by atoms with Gasteiger partial charge in [0.15, 0.2) is 0 Å². The van der Waals surface area contributed by atoms with Gasteiger partial charge in [0.1, 0.15) is 10.5 Å². The third-order valence-corrected chi connectivity index (χ3v) is 4.47. The van der Waals surface area contributed by atoms with Crippen LogP contribution in [0.1, 0.15) is 18.7 Å². The molecular weight excluding hydrogens is 262 g/mol. The van der Waals surface area contributed by atoms with Crippen molar-refractivity contribution in [2.45, 2.75) is 25.5 Å². The van der Waals surface area contributed by atoms with Crippen molar-refractivity contribution in [3.05, 3.63) is 27.6 Å². The van der Waals surface area contributed by atoms with E-state index < -0.39 is 0 Å². The van der Waals surface area contributed by atoms with E-state index in [-0.39, 0.29) is 11.7 Å². The zero-order valence-electron chi connectivity index (χ0n) is 10.8. The largest absolute Gasteiger partial charge is 0.393 e. The molecule has 1 aliphatic rings. The second kappa shape index (κ2) is 5.03. The summed E-state index contributed by atoms with van der Waals surface area (Å²) in [7, 11) is 2.02. The summed E-state index contributed by atoms with van der Waals surface area (Å²) in [4.78, 5) is 21.3. The molecule has 1 aliphatic carbocycles. The van der Waals surface area contributed by atoms with Gasteiger partial charge in [0.2, 0.25) is 0 Å². The minimum absolute atomic E-state index is 0.0533. The van der Waals surface area contributed by atoms with E-state index in [4.69, 9.17) is 0 Å². The Kier molecular flexibility index (Phi) is 3.38. The van der Waals surface area contributed by atoms with Crippen molar-refractivity contribution in [1.29, 1.82) is 0 Å². The van der Waals surface area contributed by atoms with E-state index in [0.29, 0.717) is 23.0 Å². The Labute approximate surface area is 114 Å². The SMILES string of the molecule is CN(Cc1nc2ccsc2c(=O)[nH]1)CC1CC(O)C1. The maximum Gasteiger partial charge on any atom is 0.268 e. The zero-order valence-corrected chi connectivity index (χ0v) is 11.6. The maximum atomic E-state index is 11.8. The van der Waals surface area contributed by atoms with Crippen molar-refractivity contribution in [3.63, 3.8) is 0 Å². The summed E-state index contributed by atoms with van der Waals surface area (Å²) in [5.41, 5.74) is 0.721. The van der Waals surface area contributed by atoms with Crippen LogP contribution in [0, 0.1) is 5.92 Å². The van der Waals surface area contributed by atoms with E-state index in [2.05, 4.69) is 14.9 Å². The van der Waals surface area contributed by atoms with Gasteiger partial charge < -0.3 is 10.1 Å². The molecule has 0 bridgehead atoms. The van der Waals surface area contributed by atoms with Crippen LogP contribution < -0.4 is 5.56 Å². The number of aliphatic hydroxyl groups is 1. The minimum atomic E-state index is -0.113. The van der Waals surface area contributed by atoms with Crippen molar-refractivity contribution >= 4 is 21.6 Å². The smallest absolute Gasteiger partial charge is 0.268 e. The number of fused-ring (bicyclic) bond motifs is 1. The summed E-state index contributed by atoms with van der Waals surface area (Å²) in [6.07, 6.45) is 1.66. The van der Waals surface area contributed by atoms with Gasteiger partial charge in [0, 0.05) is 6.54 Å². The third-order valence-electron chi connectivity index (χ3n) is 3.56. The molecular formula is C13H17N3O2S. The molecule has 0 amide bonds. The Morgan fingerprint density at radius 3 is 3.11 bits per heavy atom. The molecule has 2 heterocycles. The molecule has 102 valence electrons. The standard InChI is InChI=1S/C13H17N3O2S/c1-16(6-8-4-9(17)5-8)7-11-14-10-2-3-19-12(10)13(18)15-11/h2-3,8-9,17H,4-7H2,1H3,(H,14,15,18). The summed E-state index contributed by atoms with van der Waals surface area (Å²) in [5.74, 6) is 1.27. The molecule has 3 rings (SSSR count). The Hall–Kier alpha value is -1.24. The van der Waals surface area contributed by atoms with Crippen LogP contribution in [0.3, 0.4) is 0 Å². The molecule has 2 aromatic rings. The van der Waals surface area contributed by atoms with E-state index in [9.17, 15) is 9.90 Å². The summed E-state index contributed by atoms with van der Waals surface area (Å²) >= 11 is 1.42. The topological polar surface area (TPSA) is 69.2 Å². The van der Waals surface area contributed by atoms with Gasteiger partial charge in [-0.3, -0.25) is 9.69 Å². The number of aliphatic hydroxyl groups excluding tert-OH is 1. The molecule has 0 unspecified atom stereocenters. The number of nitrogens with one attached hydrogen (secondary N) is 1. The molecule has 2 aromatic heterocycles. The molecule has 0 aliphatic heterocycles. The molecule has 0 radical (unpaired) electrons. The highest BCUT2D eigenvalue weighted by Crippen LogP contribution is 2.27. The van der Waals surface area contributed by atoms with Crippen LogP contribution in [-0.4, -0.2) is 39.7 Å². The molecule has 1 fully saturated rings.